The van der Waals surface area contributed by atoms with Crippen molar-refractivity contribution in [2.45, 2.75) is 78.7 Å². The van der Waals surface area contributed by atoms with E-state index < -0.39 is 0 Å². The lowest BCUT2D eigenvalue weighted by atomic mass is 9.44. The molecule has 0 N–H and O–H groups in total. The molecule has 148 valence electrons. The molecule has 0 aliphatic heterocycles. The van der Waals surface area contributed by atoms with E-state index in [1.165, 1.54) is 6.92 Å². The van der Waals surface area contributed by atoms with Crippen molar-refractivity contribution in [3.63, 3.8) is 0 Å². The van der Waals surface area contributed by atoms with E-state index in [1.54, 1.807) is 6.92 Å². The summed E-state index contributed by atoms with van der Waals surface area (Å²) < 4.78 is 5.50. The van der Waals surface area contributed by atoms with E-state index in [-0.39, 0.29) is 34.6 Å². The number of esters is 1. The van der Waals surface area contributed by atoms with Gasteiger partial charge in [-0.2, -0.15) is 0 Å². The van der Waals surface area contributed by atoms with Crippen molar-refractivity contribution in [1.29, 1.82) is 0 Å². The highest BCUT2D eigenvalue weighted by atomic mass is 16.5. The molecule has 0 aromatic carbocycles. The molecule has 0 saturated heterocycles. The molecule has 0 aromatic heterocycles. The van der Waals surface area contributed by atoms with Crippen LogP contribution in [0.4, 0.5) is 0 Å². The zero-order valence-electron chi connectivity index (χ0n) is 17.0. The normalized spacial score (nSPS) is 46.0. The van der Waals surface area contributed by atoms with Gasteiger partial charge >= 0.3 is 5.97 Å². The maximum Gasteiger partial charge on any atom is 0.302 e. The van der Waals surface area contributed by atoms with Gasteiger partial charge in [-0.3, -0.25) is 14.4 Å². The maximum absolute atomic E-state index is 13.4. The third-order valence-electron chi connectivity index (χ3n) is 8.60. The fraction of sp³-hybridized carbons (Fsp3) is 0.783. The summed E-state index contributed by atoms with van der Waals surface area (Å²) in [6.07, 6.45) is 8.46. The minimum atomic E-state index is -0.262. The van der Waals surface area contributed by atoms with Crippen LogP contribution in [0.3, 0.4) is 0 Å². The van der Waals surface area contributed by atoms with Gasteiger partial charge in [-0.15, -0.1) is 0 Å². The molecule has 4 nitrogen and oxygen atoms in total. The average Bonchev–Trinajstić information content (AvgIpc) is 2.91. The van der Waals surface area contributed by atoms with Crippen molar-refractivity contribution >= 4 is 17.5 Å². The van der Waals surface area contributed by atoms with Gasteiger partial charge < -0.3 is 4.74 Å². The zero-order chi connectivity index (χ0) is 19.6. The minimum Gasteiger partial charge on any atom is -0.463 e. The monoisotopic (exact) mass is 372 g/mol. The highest BCUT2D eigenvalue weighted by Crippen LogP contribution is 2.65. The summed E-state index contributed by atoms with van der Waals surface area (Å²) in [6, 6.07) is 0. The zero-order valence-corrected chi connectivity index (χ0v) is 17.0. The summed E-state index contributed by atoms with van der Waals surface area (Å²) in [5, 5.41) is 0. The maximum atomic E-state index is 13.4. The Morgan fingerprint density at radius 1 is 1.15 bits per heavy atom. The number of ether oxygens (including phenoxy) is 1. The molecule has 0 aromatic rings. The third kappa shape index (κ3) is 2.74. The Labute approximate surface area is 162 Å². The largest absolute Gasteiger partial charge is 0.463 e. The first-order valence-corrected chi connectivity index (χ1v) is 10.6. The molecule has 0 amide bonds. The Morgan fingerprint density at radius 3 is 2.56 bits per heavy atom. The molecule has 4 aliphatic rings. The smallest absolute Gasteiger partial charge is 0.302 e. The summed E-state index contributed by atoms with van der Waals surface area (Å²) in [4.78, 5) is 37.0. The van der Waals surface area contributed by atoms with E-state index in [1.807, 2.05) is 0 Å². The number of carbonyl (C=O) groups is 3. The van der Waals surface area contributed by atoms with Gasteiger partial charge in [-0.1, -0.05) is 19.9 Å². The first-order valence-electron chi connectivity index (χ1n) is 10.6. The lowest BCUT2D eigenvalue weighted by molar-refractivity contribution is -0.166. The van der Waals surface area contributed by atoms with Gasteiger partial charge in [0, 0.05) is 24.7 Å². The lowest BCUT2D eigenvalue weighted by Gasteiger charge is -2.59. The van der Waals surface area contributed by atoms with Gasteiger partial charge in [-0.25, -0.2) is 0 Å². The van der Waals surface area contributed by atoms with Gasteiger partial charge in [0.15, 0.2) is 5.78 Å². The van der Waals surface area contributed by atoms with Gasteiger partial charge in [0.05, 0.1) is 0 Å². The molecule has 27 heavy (non-hydrogen) atoms. The average molecular weight is 373 g/mol. The van der Waals surface area contributed by atoms with E-state index in [4.69, 9.17) is 4.74 Å². The van der Waals surface area contributed by atoms with Gasteiger partial charge in [0.25, 0.3) is 0 Å². The van der Waals surface area contributed by atoms with E-state index >= 15 is 0 Å². The quantitative estimate of drug-likeness (QED) is 0.679. The predicted molar refractivity (Wildman–Crippen MR) is 102 cm³/mol. The van der Waals surface area contributed by atoms with Crippen LogP contribution in [0.1, 0.15) is 72.6 Å². The molecule has 0 spiro atoms. The van der Waals surface area contributed by atoms with Crippen LogP contribution in [0.2, 0.25) is 0 Å². The molecule has 7 atom stereocenters. The Kier molecular flexibility index (Phi) is 4.40. The molecule has 0 radical (unpaired) electrons. The Bertz CT molecular complexity index is 722. The molecule has 3 fully saturated rings. The minimum absolute atomic E-state index is 0.0109. The first-order chi connectivity index (χ1) is 12.7. The number of hydrogen-bond donors (Lipinski definition) is 0. The highest BCUT2D eigenvalue weighted by molar-refractivity contribution is 5.97. The van der Waals surface area contributed by atoms with Crippen molar-refractivity contribution < 1.29 is 19.1 Å². The molecule has 4 heteroatoms. The fourth-order valence-corrected chi connectivity index (χ4v) is 7.50. The van der Waals surface area contributed by atoms with Crippen molar-refractivity contribution in [2.24, 2.45) is 34.5 Å². The summed E-state index contributed by atoms with van der Waals surface area (Å²) in [6.45, 7) is 7.59. The number of ketones is 2. The van der Waals surface area contributed by atoms with Crippen molar-refractivity contribution in [3.05, 3.63) is 11.6 Å². The van der Waals surface area contributed by atoms with Gasteiger partial charge in [0.1, 0.15) is 11.9 Å². The van der Waals surface area contributed by atoms with Crippen molar-refractivity contribution in [3.8, 4) is 0 Å². The molecule has 4 rings (SSSR count). The van der Waals surface area contributed by atoms with Crippen LogP contribution in [0, 0.1) is 34.5 Å². The van der Waals surface area contributed by atoms with Crippen LogP contribution in [0.5, 0.6) is 0 Å². The summed E-state index contributed by atoms with van der Waals surface area (Å²) >= 11 is 0. The number of hydrogen-bond acceptors (Lipinski definition) is 4. The second-order valence-electron chi connectivity index (χ2n) is 10.0. The number of Topliss-reactive ketones (excluding diaryl/α,β-unsaturated/α-hetero) is 2. The third-order valence-corrected chi connectivity index (χ3v) is 8.60. The molecular formula is C23H32O4. The van der Waals surface area contributed by atoms with Crippen LogP contribution in [-0.2, 0) is 19.1 Å². The number of rotatable bonds is 2. The standard InChI is InChI=1S/C23H32O4/c1-13(24)18-7-8-19-17-6-5-15-11-16(27-14(2)25)9-10-22(15,3)21(17)20(26)12-23(18,19)4/h7,15-17,19,21H,5-6,8-12H2,1-4H3/t15-,16+,17-,19-,21+,22-,23+/m0/s1. The summed E-state index contributed by atoms with van der Waals surface area (Å²) in [5.41, 5.74) is 0.643. The van der Waals surface area contributed by atoms with E-state index in [2.05, 4.69) is 19.9 Å². The number of fused-ring (bicyclic) bond motifs is 5. The number of allylic oxidation sites excluding steroid dienone is 2. The first kappa shape index (κ1) is 18.9. The van der Waals surface area contributed by atoms with Crippen molar-refractivity contribution in [1.82, 2.24) is 0 Å². The molecule has 0 heterocycles. The second-order valence-corrected chi connectivity index (χ2v) is 10.0. The Morgan fingerprint density at radius 2 is 1.89 bits per heavy atom. The van der Waals surface area contributed by atoms with E-state index in [0.29, 0.717) is 30.0 Å². The second kappa shape index (κ2) is 6.28. The summed E-state index contributed by atoms with van der Waals surface area (Å²) in [7, 11) is 0. The lowest BCUT2D eigenvalue weighted by Crippen LogP contribution is -2.57. The van der Waals surface area contributed by atoms with Crippen molar-refractivity contribution in [2.75, 3.05) is 0 Å². The van der Waals surface area contributed by atoms with Gasteiger partial charge in [-0.05, 0) is 74.2 Å². The molecule has 0 unspecified atom stereocenters. The Balaban J connectivity index is 1.60. The van der Waals surface area contributed by atoms with Crippen LogP contribution in [0.25, 0.3) is 0 Å². The SMILES string of the molecule is CC(=O)O[C@@H]1CC[C@@]2(C)[C@@H](CC[C@@H]3[C@@H]2C(=O)C[C@]2(C)C(C(C)=O)=CC[C@@H]32)C1. The van der Waals surface area contributed by atoms with Crippen LogP contribution in [-0.4, -0.2) is 23.6 Å². The van der Waals surface area contributed by atoms with Crippen LogP contribution < -0.4 is 0 Å². The predicted octanol–water partition coefficient (Wildman–Crippen LogP) is 4.27. The fourth-order valence-electron chi connectivity index (χ4n) is 7.50. The molecular weight excluding hydrogens is 340 g/mol. The number of carbonyl (C=O) groups excluding carboxylic acids is 3. The molecule has 3 saturated carbocycles. The molecule has 0 bridgehead atoms. The van der Waals surface area contributed by atoms with Gasteiger partial charge in [0.2, 0.25) is 0 Å². The van der Waals surface area contributed by atoms with Crippen LogP contribution in [0.15, 0.2) is 11.6 Å². The van der Waals surface area contributed by atoms with Crippen LogP contribution >= 0.6 is 0 Å². The van der Waals surface area contributed by atoms with E-state index in [0.717, 1.165) is 44.1 Å². The highest BCUT2D eigenvalue weighted by Gasteiger charge is 2.62. The topological polar surface area (TPSA) is 60.4 Å². The Hall–Kier alpha value is -1.45. The summed E-state index contributed by atoms with van der Waals surface area (Å²) in [5.74, 6) is 1.66. The molecule has 4 aliphatic carbocycles. The van der Waals surface area contributed by atoms with E-state index in [9.17, 15) is 14.4 Å².